The maximum atomic E-state index is 14.5. The highest BCUT2D eigenvalue weighted by Crippen LogP contribution is 2.35. The minimum atomic E-state index is -1.11. The average Bonchev–Trinajstić information content (AvgIpc) is 3.75. The zero-order valence-corrected chi connectivity index (χ0v) is 27.9. The number of rotatable bonds is 12. The Bertz CT molecular complexity index is 2050. The molecule has 0 saturated heterocycles. The second kappa shape index (κ2) is 14.5. The molecule has 6 rings (SSSR count). The average molecular weight is 683 g/mol. The topological polar surface area (TPSA) is 121 Å². The summed E-state index contributed by atoms with van der Waals surface area (Å²) in [6.07, 6.45) is 0. The Kier molecular flexibility index (Phi) is 9.83. The number of ether oxygens (including phenoxy) is 3. The molecular formula is C35H31ClN6O5S. The summed E-state index contributed by atoms with van der Waals surface area (Å²) in [4.78, 5) is 35.1. The highest BCUT2D eigenvalue weighted by Gasteiger charge is 2.34. The molecule has 11 nitrogen and oxygen atoms in total. The Hall–Kier alpha value is -5.46. The Morgan fingerprint density at radius 3 is 2.40 bits per heavy atom. The van der Waals surface area contributed by atoms with Crippen molar-refractivity contribution in [3.05, 3.63) is 112 Å². The first-order valence-corrected chi connectivity index (χ1v) is 16.1. The van der Waals surface area contributed by atoms with Gasteiger partial charge in [0.25, 0.3) is 5.91 Å². The van der Waals surface area contributed by atoms with Crippen LogP contribution in [0.25, 0.3) is 22.3 Å². The van der Waals surface area contributed by atoms with E-state index in [4.69, 9.17) is 30.8 Å². The van der Waals surface area contributed by atoms with E-state index in [2.05, 4.69) is 15.6 Å². The van der Waals surface area contributed by atoms with Gasteiger partial charge < -0.3 is 24.4 Å². The molecule has 0 fully saturated rings. The predicted molar refractivity (Wildman–Crippen MR) is 185 cm³/mol. The number of nitrogens with zero attached hydrogens (tertiary/aromatic N) is 5. The number of aromatic nitrogens is 4. The third kappa shape index (κ3) is 7.09. The van der Waals surface area contributed by atoms with Crippen LogP contribution < -0.4 is 19.5 Å². The minimum Gasteiger partial charge on any atom is -0.497 e. The molecule has 0 radical (unpaired) electrons. The van der Waals surface area contributed by atoms with Crippen LogP contribution in [0.3, 0.4) is 0 Å². The Labute approximate surface area is 285 Å². The number of carbonyl (C=O) groups is 2. The monoisotopic (exact) mass is 682 g/mol. The van der Waals surface area contributed by atoms with Crippen LogP contribution in [-0.4, -0.2) is 58.0 Å². The van der Waals surface area contributed by atoms with Crippen LogP contribution in [0.1, 0.15) is 16.6 Å². The van der Waals surface area contributed by atoms with E-state index in [1.54, 1.807) is 61.7 Å². The van der Waals surface area contributed by atoms with Gasteiger partial charge in [0.1, 0.15) is 28.9 Å². The summed E-state index contributed by atoms with van der Waals surface area (Å²) in [6, 6.07) is 25.7. The van der Waals surface area contributed by atoms with Gasteiger partial charge in [-0.05, 0) is 66.2 Å². The van der Waals surface area contributed by atoms with E-state index in [1.165, 1.54) is 35.1 Å². The predicted octanol–water partition coefficient (Wildman–Crippen LogP) is 6.64. The quantitative estimate of drug-likeness (QED) is 0.153. The number of nitrogens with one attached hydrogen (secondary N) is 1. The zero-order chi connectivity index (χ0) is 33.6. The largest absolute Gasteiger partial charge is 0.497 e. The number of halogens is 1. The van der Waals surface area contributed by atoms with Gasteiger partial charge in [-0.15, -0.1) is 16.4 Å². The van der Waals surface area contributed by atoms with Gasteiger partial charge in [-0.25, -0.2) is 9.67 Å². The van der Waals surface area contributed by atoms with Crippen LogP contribution in [0.5, 0.6) is 17.2 Å². The van der Waals surface area contributed by atoms with Gasteiger partial charge in [-0.3, -0.25) is 9.59 Å². The van der Waals surface area contributed by atoms with Crippen LogP contribution >= 0.6 is 22.9 Å². The number of carbonyl (C=O) groups excluding carboxylic acids is 2. The van der Waals surface area contributed by atoms with Gasteiger partial charge in [0.15, 0.2) is 11.5 Å². The lowest BCUT2D eigenvalue weighted by Crippen LogP contribution is -2.42. The fraction of sp³-hybridized carbons (Fsp3) is 0.171. The van der Waals surface area contributed by atoms with E-state index in [-0.39, 0.29) is 19.0 Å². The molecule has 244 valence electrons. The first kappa shape index (κ1) is 32.5. The van der Waals surface area contributed by atoms with Gasteiger partial charge in [-0.1, -0.05) is 47.1 Å². The summed E-state index contributed by atoms with van der Waals surface area (Å²) in [5.41, 5.74) is 3.98. The molecule has 1 unspecified atom stereocenters. The van der Waals surface area contributed by atoms with E-state index >= 15 is 0 Å². The number of para-hydroxylation sites is 1. The molecule has 0 spiro atoms. The number of hydrogen-bond donors (Lipinski definition) is 1. The maximum Gasteiger partial charge on any atom is 0.251 e. The van der Waals surface area contributed by atoms with Crippen molar-refractivity contribution in [2.75, 3.05) is 26.6 Å². The summed E-state index contributed by atoms with van der Waals surface area (Å²) in [7, 11) is 4.62. The summed E-state index contributed by atoms with van der Waals surface area (Å²) in [5.74, 6) is 0.708. The lowest BCUT2D eigenvalue weighted by Gasteiger charge is -2.31. The number of thiazole rings is 1. The van der Waals surface area contributed by atoms with Crippen LogP contribution in [0.2, 0.25) is 5.02 Å². The van der Waals surface area contributed by atoms with Crippen molar-refractivity contribution in [3.63, 3.8) is 0 Å². The molecule has 0 aliphatic carbocycles. The fourth-order valence-corrected chi connectivity index (χ4v) is 6.17. The highest BCUT2D eigenvalue weighted by atomic mass is 35.5. The van der Waals surface area contributed by atoms with Crippen LogP contribution in [0, 0.1) is 0 Å². The van der Waals surface area contributed by atoms with Gasteiger partial charge in [0.05, 0.1) is 39.1 Å². The van der Waals surface area contributed by atoms with E-state index in [9.17, 15) is 9.59 Å². The Morgan fingerprint density at radius 1 is 0.917 bits per heavy atom. The number of methoxy groups -OCH3 is 3. The summed E-state index contributed by atoms with van der Waals surface area (Å²) in [6.45, 7) is -0.145. The molecule has 48 heavy (non-hydrogen) atoms. The van der Waals surface area contributed by atoms with E-state index in [0.717, 1.165) is 11.3 Å². The molecule has 0 aliphatic heterocycles. The van der Waals surface area contributed by atoms with Crippen molar-refractivity contribution in [1.82, 2.24) is 24.9 Å². The molecule has 6 aromatic rings. The Morgan fingerprint density at radius 2 is 1.67 bits per heavy atom. The van der Waals surface area contributed by atoms with Gasteiger partial charge in [-0.2, -0.15) is 0 Å². The normalized spacial score (nSPS) is 11.6. The molecule has 2 aromatic heterocycles. The number of hydrogen-bond acceptors (Lipinski definition) is 9. The second-order valence-electron chi connectivity index (χ2n) is 10.6. The molecular weight excluding hydrogens is 652 g/mol. The Balaban J connectivity index is 1.42. The molecule has 0 aliphatic rings. The summed E-state index contributed by atoms with van der Waals surface area (Å²) >= 11 is 7.49. The second-order valence-corrected chi connectivity index (χ2v) is 12.0. The van der Waals surface area contributed by atoms with Crippen molar-refractivity contribution >= 4 is 51.5 Å². The van der Waals surface area contributed by atoms with Crippen molar-refractivity contribution in [2.45, 2.75) is 19.1 Å². The highest BCUT2D eigenvalue weighted by molar-refractivity contribution is 7.09. The SMILES string of the molecule is COc1ccc(NC(=O)C(c2ccc(OC)c(OC)c2)N(Cc2nc(-c3ccc(Cl)cc3)cs2)C(=O)Cn2nnc3ccccc32)cc1. The number of anilines is 1. The van der Waals surface area contributed by atoms with Gasteiger partial charge in [0, 0.05) is 21.7 Å². The van der Waals surface area contributed by atoms with E-state index < -0.39 is 11.9 Å². The number of benzene rings is 4. The van der Waals surface area contributed by atoms with Crippen molar-refractivity contribution < 1.29 is 23.8 Å². The molecule has 1 N–H and O–H groups in total. The summed E-state index contributed by atoms with van der Waals surface area (Å²) < 4.78 is 17.9. The van der Waals surface area contributed by atoms with Crippen molar-refractivity contribution in [1.29, 1.82) is 0 Å². The summed E-state index contributed by atoms with van der Waals surface area (Å²) in [5, 5.41) is 14.6. The van der Waals surface area contributed by atoms with Crippen LogP contribution in [0.15, 0.2) is 96.4 Å². The van der Waals surface area contributed by atoms with Gasteiger partial charge in [0.2, 0.25) is 5.91 Å². The number of fused-ring (bicyclic) bond motifs is 1. The van der Waals surface area contributed by atoms with Crippen LogP contribution in [-0.2, 0) is 22.7 Å². The van der Waals surface area contributed by atoms with Crippen LogP contribution in [0.4, 0.5) is 5.69 Å². The first-order valence-electron chi connectivity index (χ1n) is 14.8. The minimum absolute atomic E-state index is 0.0266. The third-order valence-corrected chi connectivity index (χ3v) is 8.75. The lowest BCUT2D eigenvalue weighted by atomic mass is 10.0. The maximum absolute atomic E-state index is 14.5. The molecule has 2 amide bonds. The standard InChI is InChI=1S/C35H31ClN6O5S/c1-45-26-15-13-25(14-16-26)37-35(44)34(23-10-17-30(46-2)31(18-23)47-3)41(33(43)20-42-29-7-5-4-6-27(29)39-40-42)19-32-38-28(21-48-32)22-8-11-24(36)12-9-22/h4-18,21,34H,19-20H2,1-3H3,(H,37,44). The van der Waals surface area contributed by atoms with E-state index in [0.29, 0.717) is 49.6 Å². The molecule has 1 atom stereocenters. The molecule has 2 heterocycles. The zero-order valence-electron chi connectivity index (χ0n) is 26.3. The number of amides is 2. The molecule has 0 saturated carbocycles. The molecule has 0 bridgehead atoms. The van der Waals surface area contributed by atoms with E-state index in [1.807, 2.05) is 41.8 Å². The lowest BCUT2D eigenvalue weighted by molar-refractivity contribution is -0.140. The third-order valence-electron chi connectivity index (χ3n) is 7.66. The van der Waals surface area contributed by atoms with Crippen molar-refractivity contribution in [2.24, 2.45) is 0 Å². The van der Waals surface area contributed by atoms with Crippen molar-refractivity contribution in [3.8, 4) is 28.5 Å². The molecule has 4 aromatic carbocycles. The molecule has 13 heteroatoms. The first-order chi connectivity index (χ1) is 23.4. The van der Waals surface area contributed by atoms with Gasteiger partial charge >= 0.3 is 0 Å². The smallest absolute Gasteiger partial charge is 0.251 e. The fourth-order valence-electron chi connectivity index (χ4n) is 5.24.